The molecule has 0 bridgehead atoms. The highest BCUT2D eigenvalue weighted by atomic mass is 32.1. The summed E-state index contributed by atoms with van der Waals surface area (Å²) < 4.78 is 27.4. The fourth-order valence-corrected chi connectivity index (χ4v) is 4.38. The number of hydrogen-bond donors (Lipinski definition) is 2. The van der Waals surface area contributed by atoms with E-state index in [1.165, 1.54) is 18.2 Å². The first-order valence-corrected chi connectivity index (χ1v) is 10.6. The van der Waals surface area contributed by atoms with Crippen molar-refractivity contribution >= 4 is 17.2 Å². The van der Waals surface area contributed by atoms with Crippen molar-refractivity contribution in [2.24, 2.45) is 0 Å². The number of quaternary nitrogens is 1. The van der Waals surface area contributed by atoms with Gasteiger partial charge in [-0.3, -0.25) is 4.79 Å². The summed E-state index contributed by atoms with van der Waals surface area (Å²) in [5.74, 6) is -0.626. The lowest BCUT2D eigenvalue weighted by Gasteiger charge is -2.22. The van der Waals surface area contributed by atoms with Crippen molar-refractivity contribution in [2.45, 2.75) is 31.5 Å². The van der Waals surface area contributed by atoms with Gasteiger partial charge < -0.3 is 10.2 Å². The van der Waals surface area contributed by atoms with Gasteiger partial charge in [-0.1, -0.05) is 36.4 Å². The average molecular weight is 414 g/mol. The summed E-state index contributed by atoms with van der Waals surface area (Å²) in [7, 11) is 0. The van der Waals surface area contributed by atoms with Gasteiger partial charge >= 0.3 is 0 Å². The van der Waals surface area contributed by atoms with Crippen molar-refractivity contribution in [1.82, 2.24) is 5.32 Å². The van der Waals surface area contributed by atoms with E-state index in [2.05, 4.69) is 5.32 Å². The Bertz CT molecular complexity index is 955. The largest absolute Gasteiger partial charge is 0.339 e. The highest BCUT2D eigenvalue weighted by Gasteiger charge is 2.35. The van der Waals surface area contributed by atoms with Crippen LogP contribution in [0, 0.1) is 11.6 Å². The van der Waals surface area contributed by atoms with E-state index in [4.69, 9.17) is 0 Å². The summed E-state index contributed by atoms with van der Waals surface area (Å²) in [4.78, 5) is 15.0. The molecule has 0 spiro atoms. The van der Waals surface area contributed by atoms with E-state index in [-0.39, 0.29) is 30.1 Å². The Morgan fingerprint density at radius 1 is 1.07 bits per heavy atom. The SMILES string of the molecule is O=C(C[NH+](Cc1ccccc1F)C1CC1)N[C@H](c1ccc(F)cc1)c1cccs1. The van der Waals surface area contributed by atoms with Gasteiger partial charge in [-0.25, -0.2) is 8.78 Å². The van der Waals surface area contributed by atoms with Gasteiger partial charge in [0.1, 0.15) is 18.2 Å². The van der Waals surface area contributed by atoms with E-state index < -0.39 is 0 Å². The number of hydrogen-bond acceptors (Lipinski definition) is 2. The van der Waals surface area contributed by atoms with Crippen LogP contribution in [0.25, 0.3) is 0 Å². The van der Waals surface area contributed by atoms with Crippen LogP contribution in [0.3, 0.4) is 0 Å². The van der Waals surface area contributed by atoms with Gasteiger partial charge in [0.05, 0.1) is 12.1 Å². The van der Waals surface area contributed by atoms with Crippen LogP contribution in [0.4, 0.5) is 8.78 Å². The molecular formula is C23H23F2N2OS+. The predicted octanol–water partition coefficient (Wildman–Crippen LogP) is 3.48. The minimum absolute atomic E-state index is 0.0917. The smallest absolute Gasteiger partial charge is 0.275 e. The number of nitrogens with one attached hydrogen (secondary N) is 2. The minimum Gasteiger partial charge on any atom is -0.339 e. The predicted molar refractivity (Wildman–Crippen MR) is 110 cm³/mol. The van der Waals surface area contributed by atoms with Crippen LogP contribution >= 0.6 is 11.3 Å². The van der Waals surface area contributed by atoms with Crippen molar-refractivity contribution in [3.05, 3.63) is 93.7 Å². The van der Waals surface area contributed by atoms with Crippen molar-refractivity contribution in [1.29, 1.82) is 0 Å². The number of carbonyl (C=O) groups is 1. The molecule has 1 heterocycles. The van der Waals surface area contributed by atoms with Crippen LogP contribution in [0.2, 0.25) is 0 Å². The highest BCUT2D eigenvalue weighted by molar-refractivity contribution is 7.10. The Morgan fingerprint density at radius 2 is 1.83 bits per heavy atom. The molecule has 1 amide bonds. The number of thiophene rings is 1. The Hall–Kier alpha value is -2.57. The van der Waals surface area contributed by atoms with Gasteiger partial charge in [-0.2, -0.15) is 0 Å². The molecule has 3 nitrogen and oxygen atoms in total. The summed E-state index contributed by atoms with van der Waals surface area (Å²) >= 11 is 1.55. The number of rotatable bonds is 8. The molecule has 1 saturated carbocycles. The van der Waals surface area contributed by atoms with E-state index in [0.29, 0.717) is 18.2 Å². The first-order chi connectivity index (χ1) is 14.1. The molecular weight excluding hydrogens is 390 g/mol. The fraction of sp³-hybridized carbons (Fsp3) is 0.261. The molecule has 1 unspecified atom stereocenters. The zero-order valence-corrected chi connectivity index (χ0v) is 16.7. The second-order valence-corrected chi connectivity index (χ2v) is 8.42. The molecule has 0 aliphatic heterocycles. The van der Waals surface area contributed by atoms with Crippen molar-refractivity contribution in [2.75, 3.05) is 6.54 Å². The monoisotopic (exact) mass is 413 g/mol. The third kappa shape index (κ3) is 5.08. The fourth-order valence-electron chi connectivity index (χ4n) is 3.58. The van der Waals surface area contributed by atoms with E-state index in [9.17, 15) is 13.6 Å². The van der Waals surface area contributed by atoms with Crippen molar-refractivity contribution < 1.29 is 18.5 Å². The van der Waals surface area contributed by atoms with E-state index in [1.54, 1.807) is 35.6 Å². The number of benzene rings is 2. The molecule has 2 atom stereocenters. The zero-order valence-electron chi connectivity index (χ0n) is 15.9. The topological polar surface area (TPSA) is 33.5 Å². The molecule has 29 heavy (non-hydrogen) atoms. The van der Waals surface area contributed by atoms with Crippen LogP contribution in [-0.2, 0) is 11.3 Å². The summed E-state index contributed by atoms with van der Waals surface area (Å²) in [5, 5.41) is 5.06. The molecule has 2 aromatic carbocycles. The molecule has 2 N–H and O–H groups in total. The normalized spacial score (nSPS) is 15.7. The Balaban J connectivity index is 1.48. The van der Waals surface area contributed by atoms with Crippen molar-refractivity contribution in [3.63, 3.8) is 0 Å². The van der Waals surface area contributed by atoms with Gasteiger partial charge in [-0.15, -0.1) is 11.3 Å². The maximum absolute atomic E-state index is 14.1. The lowest BCUT2D eigenvalue weighted by molar-refractivity contribution is -0.917. The maximum atomic E-state index is 14.1. The van der Waals surface area contributed by atoms with Gasteiger partial charge in [0, 0.05) is 23.3 Å². The van der Waals surface area contributed by atoms with Crippen LogP contribution in [0.15, 0.2) is 66.0 Å². The standard InChI is InChI=1S/C23H22F2N2OS/c24-18-9-7-16(8-10-18)23(21-6-3-13-29-21)26-22(28)15-27(19-11-12-19)14-17-4-1-2-5-20(17)25/h1-10,13,19,23H,11-12,14-15H2,(H,26,28)/p+1/t23-/m1/s1. The second kappa shape index (κ2) is 8.84. The molecule has 1 fully saturated rings. The molecule has 3 aromatic rings. The van der Waals surface area contributed by atoms with Gasteiger partial charge in [-0.05, 0) is 35.2 Å². The molecule has 4 rings (SSSR count). The lowest BCUT2D eigenvalue weighted by Crippen LogP contribution is -3.13. The quantitative estimate of drug-likeness (QED) is 0.583. The molecule has 0 radical (unpaired) electrons. The average Bonchev–Trinajstić information content (AvgIpc) is 3.42. The van der Waals surface area contributed by atoms with E-state index in [1.807, 2.05) is 23.6 Å². The zero-order chi connectivity index (χ0) is 20.2. The number of amides is 1. The van der Waals surface area contributed by atoms with E-state index in [0.717, 1.165) is 28.2 Å². The molecule has 1 aliphatic rings. The second-order valence-electron chi connectivity index (χ2n) is 7.44. The Labute approximate surface area is 173 Å². The first-order valence-electron chi connectivity index (χ1n) is 9.76. The lowest BCUT2D eigenvalue weighted by atomic mass is 10.1. The van der Waals surface area contributed by atoms with E-state index >= 15 is 0 Å². The minimum atomic E-state index is -0.322. The maximum Gasteiger partial charge on any atom is 0.275 e. The summed E-state index contributed by atoms with van der Waals surface area (Å²) in [5.41, 5.74) is 1.47. The van der Waals surface area contributed by atoms with Crippen molar-refractivity contribution in [3.8, 4) is 0 Å². The molecule has 1 aromatic heterocycles. The van der Waals surface area contributed by atoms with Gasteiger partial charge in [0.25, 0.3) is 5.91 Å². The third-order valence-electron chi connectivity index (χ3n) is 5.25. The highest BCUT2D eigenvalue weighted by Crippen LogP contribution is 2.26. The van der Waals surface area contributed by atoms with Crippen LogP contribution in [0.5, 0.6) is 0 Å². The number of halogens is 2. The molecule has 1 aliphatic carbocycles. The number of carbonyl (C=O) groups excluding carboxylic acids is 1. The van der Waals surface area contributed by atoms with Crippen LogP contribution < -0.4 is 10.2 Å². The Morgan fingerprint density at radius 3 is 2.48 bits per heavy atom. The van der Waals surface area contributed by atoms with Gasteiger partial charge in [0.15, 0.2) is 6.54 Å². The summed E-state index contributed by atoms with van der Waals surface area (Å²) in [6.07, 6.45) is 2.12. The first kappa shape index (κ1) is 19.7. The molecule has 0 saturated heterocycles. The van der Waals surface area contributed by atoms with Gasteiger partial charge in [0.2, 0.25) is 0 Å². The Kier molecular flexibility index (Phi) is 6.02. The van der Waals surface area contributed by atoms with Crippen LogP contribution in [0.1, 0.15) is 34.9 Å². The molecule has 150 valence electrons. The third-order valence-corrected chi connectivity index (χ3v) is 6.19. The van der Waals surface area contributed by atoms with Crippen LogP contribution in [-0.4, -0.2) is 18.5 Å². The molecule has 6 heteroatoms. The summed E-state index contributed by atoms with van der Waals surface area (Å²) in [6.45, 7) is 0.771. The summed E-state index contributed by atoms with van der Waals surface area (Å²) in [6, 6.07) is 16.9.